The number of nitrogens with two attached hydrogens (primary N) is 1. The van der Waals surface area contributed by atoms with Crippen LogP contribution in [0.25, 0.3) is 0 Å². The van der Waals surface area contributed by atoms with Gasteiger partial charge in [0.2, 0.25) is 11.8 Å². The number of hydrogen-bond acceptors (Lipinski definition) is 3. The molecule has 2 saturated heterocycles. The number of nitrogens with zero attached hydrogens (tertiary/aromatic N) is 2. The summed E-state index contributed by atoms with van der Waals surface area (Å²) in [7, 11) is 0. The van der Waals surface area contributed by atoms with E-state index in [2.05, 4.69) is 22.9 Å². The van der Waals surface area contributed by atoms with Crippen molar-refractivity contribution < 1.29 is 9.59 Å². The minimum Gasteiger partial charge on any atom is -0.341 e. The van der Waals surface area contributed by atoms with Crippen LogP contribution in [0.2, 0.25) is 0 Å². The number of amides is 2. The van der Waals surface area contributed by atoms with Crippen molar-refractivity contribution in [3.8, 4) is 0 Å². The first-order valence-electron chi connectivity index (χ1n) is 8.00. The van der Waals surface area contributed by atoms with Crippen LogP contribution in [0.4, 0.5) is 5.69 Å². The maximum atomic E-state index is 12.7. The minimum absolute atomic E-state index is 0. The van der Waals surface area contributed by atoms with E-state index in [4.69, 9.17) is 5.73 Å². The number of anilines is 1. The smallest absolute Gasteiger partial charge is 0.239 e. The highest BCUT2D eigenvalue weighted by Crippen LogP contribution is 2.34. The van der Waals surface area contributed by atoms with E-state index in [9.17, 15) is 9.59 Å². The monoisotopic (exact) mass is 415 g/mol. The van der Waals surface area contributed by atoms with Gasteiger partial charge >= 0.3 is 0 Å². The number of carbonyl (C=O) groups excluding carboxylic acids is 2. The van der Waals surface area contributed by atoms with Crippen molar-refractivity contribution in [2.45, 2.75) is 19.8 Å². The summed E-state index contributed by atoms with van der Waals surface area (Å²) < 4.78 is 0.873. The maximum absolute atomic E-state index is 12.7. The molecule has 0 spiro atoms. The van der Waals surface area contributed by atoms with Crippen LogP contribution in [0.3, 0.4) is 0 Å². The average molecular weight is 417 g/mol. The zero-order valence-corrected chi connectivity index (χ0v) is 16.1. The lowest BCUT2D eigenvalue weighted by atomic mass is 9.90. The Hall–Kier alpha value is -1.11. The molecule has 3 rings (SSSR count). The van der Waals surface area contributed by atoms with Crippen LogP contribution in [-0.4, -0.2) is 42.9 Å². The molecule has 0 aliphatic carbocycles. The Kier molecular flexibility index (Phi) is 5.94. The third-order valence-corrected chi connectivity index (χ3v) is 5.68. The van der Waals surface area contributed by atoms with Crippen molar-refractivity contribution in [1.29, 1.82) is 0 Å². The van der Waals surface area contributed by atoms with E-state index in [1.807, 2.05) is 29.2 Å². The molecular formula is C17H23BrClN3O2. The van der Waals surface area contributed by atoms with Crippen LogP contribution < -0.4 is 10.6 Å². The largest absolute Gasteiger partial charge is 0.341 e. The molecule has 7 heteroatoms. The van der Waals surface area contributed by atoms with Gasteiger partial charge in [-0.2, -0.15) is 0 Å². The number of likely N-dealkylation sites (tertiary alicyclic amines) is 1. The van der Waals surface area contributed by atoms with Gasteiger partial charge in [-0.25, -0.2) is 0 Å². The molecule has 0 bridgehead atoms. The van der Waals surface area contributed by atoms with Gasteiger partial charge in [-0.1, -0.05) is 19.1 Å². The fraction of sp³-hybridized carbons (Fsp3) is 0.529. The summed E-state index contributed by atoms with van der Waals surface area (Å²) >= 11 is 3.48. The van der Waals surface area contributed by atoms with Crippen molar-refractivity contribution in [1.82, 2.24) is 4.90 Å². The van der Waals surface area contributed by atoms with Crippen LogP contribution in [0.5, 0.6) is 0 Å². The zero-order valence-electron chi connectivity index (χ0n) is 13.7. The highest BCUT2D eigenvalue weighted by Gasteiger charge is 2.43. The number of carbonyl (C=O) groups is 2. The fourth-order valence-corrected chi connectivity index (χ4v) is 3.92. The summed E-state index contributed by atoms with van der Waals surface area (Å²) in [6.07, 6.45) is 1.49. The van der Waals surface area contributed by atoms with Gasteiger partial charge in [0, 0.05) is 24.1 Å². The molecule has 2 aliphatic heterocycles. The molecular weight excluding hydrogens is 394 g/mol. The molecule has 1 aromatic carbocycles. The third kappa shape index (κ3) is 3.46. The molecule has 5 nitrogen and oxygen atoms in total. The van der Waals surface area contributed by atoms with Gasteiger partial charge in [-0.15, -0.1) is 12.4 Å². The lowest BCUT2D eigenvalue weighted by Gasteiger charge is -2.24. The van der Waals surface area contributed by atoms with Crippen LogP contribution in [-0.2, 0) is 9.59 Å². The Balaban J connectivity index is 0.00000208. The van der Waals surface area contributed by atoms with E-state index in [0.29, 0.717) is 32.6 Å². The Morgan fingerprint density at radius 2 is 2.08 bits per heavy atom. The molecule has 1 aromatic rings. The van der Waals surface area contributed by atoms with Crippen molar-refractivity contribution in [2.24, 2.45) is 17.1 Å². The van der Waals surface area contributed by atoms with E-state index in [1.165, 1.54) is 0 Å². The van der Waals surface area contributed by atoms with Crippen molar-refractivity contribution in [3.05, 3.63) is 28.7 Å². The fourth-order valence-electron chi connectivity index (χ4n) is 3.42. The van der Waals surface area contributed by atoms with Crippen molar-refractivity contribution in [3.63, 3.8) is 0 Å². The van der Waals surface area contributed by atoms with E-state index in [1.54, 1.807) is 4.90 Å². The molecule has 2 amide bonds. The van der Waals surface area contributed by atoms with Gasteiger partial charge in [0.25, 0.3) is 0 Å². The predicted molar refractivity (Wildman–Crippen MR) is 100 cm³/mol. The lowest BCUT2D eigenvalue weighted by molar-refractivity contribution is -0.139. The van der Waals surface area contributed by atoms with Crippen LogP contribution in [0, 0.1) is 11.3 Å². The van der Waals surface area contributed by atoms with Gasteiger partial charge in [-0.3, -0.25) is 9.59 Å². The molecule has 2 unspecified atom stereocenters. The van der Waals surface area contributed by atoms with E-state index in [0.717, 1.165) is 16.6 Å². The number of rotatable bonds is 3. The number of hydrogen-bond donors (Lipinski definition) is 1. The van der Waals surface area contributed by atoms with Gasteiger partial charge in [0.1, 0.15) is 5.92 Å². The molecule has 0 aromatic heterocycles. The van der Waals surface area contributed by atoms with E-state index >= 15 is 0 Å². The Bertz CT molecular complexity index is 642. The van der Waals surface area contributed by atoms with Crippen molar-refractivity contribution >= 4 is 45.8 Å². The molecule has 2 aliphatic rings. The molecule has 2 atom stereocenters. The second kappa shape index (κ2) is 7.42. The topological polar surface area (TPSA) is 66.6 Å². The van der Waals surface area contributed by atoms with Gasteiger partial charge in [0.05, 0.1) is 5.69 Å². The zero-order chi connectivity index (χ0) is 16.6. The van der Waals surface area contributed by atoms with Crippen LogP contribution in [0.15, 0.2) is 28.7 Å². The standard InChI is InChI=1S/C17H22BrN3O2.ClH/c1-17(10-19)7-9-20(11-17)15(22)12-6-8-21(16(12)23)14-5-3-2-4-13(14)18;/h2-5,12H,6-11,19H2,1H3;1H. The molecule has 2 N–H and O–H groups in total. The molecule has 24 heavy (non-hydrogen) atoms. The Morgan fingerprint density at radius 1 is 1.38 bits per heavy atom. The molecule has 132 valence electrons. The molecule has 0 radical (unpaired) electrons. The SMILES string of the molecule is CC1(CN)CCN(C(=O)C2CCN(c3ccccc3Br)C2=O)C1.Cl. The lowest BCUT2D eigenvalue weighted by Crippen LogP contribution is -2.40. The third-order valence-electron chi connectivity index (χ3n) is 5.01. The number of para-hydroxylation sites is 1. The van der Waals surface area contributed by atoms with Crippen LogP contribution >= 0.6 is 28.3 Å². The molecule has 2 fully saturated rings. The second-order valence-electron chi connectivity index (χ2n) is 6.81. The summed E-state index contributed by atoms with van der Waals surface area (Å²) in [4.78, 5) is 29.0. The normalized spacial score (nSPS) is 26.6. The Morgan fingerprint density at radius 3 is 2.71 bits per heavy atom. The van der Waals surface area contributed by atoms with Gasteiger partial charge in [0.15, 0.2) is 0 Å². The Labute approximate surface area is 157 Å². The predicted octanol–water partition coefficient (Wildman–Crippen LogP) is 2.42. The van der Waals surface area contributed by atoms with Crippen LogP contribution in [0.1, 0.15) is 19.8 Å². The van der Waals surface area contributed by atoms with Gasteiger partial charge < -0.3 is 15.5 Å². The van der Waals surface area contributed by atoms with E-state index in [-0.39, 0.29) is 29.6 Å². The first kappa shape index (κ1) is 19.2. The van der Waals surface area contributed by atoms with Crippen molar-refractivity contribution in [2.75, 3.05) is 31.1 Å². The maximum Gasteiger partial charge on any atom is 0.239 e. The summed E-state index contributed by atoms with van der Waals surface area (Å²) in [6.45, 7) is 4.61. The molecule has 0 saturated carbocycles. The quantitative estimate of drug-likeness (QED) is 0.770. The molecule has 2 heterocycles. The highest BCUT2D eigenvalue weighted by atomic mass is 79.9. The average Bonchev–Trinajstić information content (AvgIpc) is 3.12. The summed E-state index contributed by atoms with van der Waals surface area (Å²) in [5.74, 6) is -0.688. The first-order valence-corrected chi connectivity index (χ1v) is 8.79. The first-order chi connectivity index (χ1) is 10.9. The number of benzene rings is 1. The highest BCUT2D eigenvalue weighted by molar-refractivity contribution is 9.10. The summed E-state index contributed by atoms with van der Waals surface area (Å²) in [5.41, 5.74) is 6.63. The van der Waals surface area contributed by atoms with Gasteiger partial charge in [-0.05, 0) is 52.9 Å². The van der Waals surface area contributed by atoms with E-state index < -0.39 is 5.92 Å². The number of halogens is 2. The second-order valence-corrected chi connectivity index (χ2v) is 7.66. The summed E-state index contributed by atoms with van der Waals surface area (Å²) in [5, 5.41) is 0. The minimum atomic E-state index is -0.553. The summed E-state index contributed by atoms with van der Waals surface area (Å²) in [6, 6.07) is 7.62.